The van der Waals surface area contributed by atoms with E-state index in [9.17, 15) is 0 Å². The van der Waals surface area contributed by atoms with Crippen LogP contribution >= 0.6 is 7.14 Å². The molecule has 0 fully saturated rings. The molecule has 0 saturated carbocycles. The van der Waals surface area contributed by atoms with Gasteiger partial charge >= 0.3 is 0 Å². The zero-order chi connectivity index (χ0) is 36.2. The van der Waals surface area contributed by atoms with E-state index in [0.717, 1.165) is 27.1 Å². The number of nitrogens with zero attached hydrogens (tertiary/aromatic N) is 1. The molecule has 9 aromatic carbocycles. The number of aromatic nitrogens is 1. The molecule has 0 N–H and O–H groups in total. The Morgan fingerprint density at radius 3 is 1.46 bits per heavy atom. The van der Waals surface area contributed by atoms with Crippen molar-refractivity contribution in [1.29, 1.82) is 0 Å². The Kier molecular flexibility index (Phi) is 6.61. The third-order valence-corrected chi connectivity index (χ3v) is 15.1. The van der Waals surface area contributed by atoms with E-state index in [4.69, 9.17) is 0 Å². The Balaban J connectivity index is 1.23. The molecule has 0 atom stereocenters. The molecule has 0 saturated heterocycles. The lowest BCUT2D eigenvalue weighted by Crippen LogP contribution is -2.24. The zero-order valence-corrected chi connectivity index (χ0v) is 31.0. The molecule has 1 aliphatic rings. The lowest BCUT2D eigenvalue weighted by molar-refractivity contribution is 0.592. The molecule has 0 bridgehead atoms. The second-order valence-electron chi connectivity index (χ2n) is 15.2. The van der Waals surface area contributed by atoms with E-state index < -0.39 is 7.14 Å². The molecule has 2 nitrogen and oxygen atoms in total. The Bertz CT molecular complexity index is 3150. The molecule has 3 heteroatoms. The summed E-state index contributed by atoms with van der Waals surface area (Å²) in [7, 11) is -3.12. The lowest BCUT2D eigenvalue weighted by Gasteiger charge is -2.22. The van der Waals surface area contributed by atoms with Gasteiger partial charge in [0.25, 0.3) is 0 Å². The molecule has 1 aliphatic carbocycles. The molecule has 0 spiro atoms. The highest BCUT2D eigenvalue weighted by Crippen LogP contribution is 2.52. The van der Waals surface area contributed by atoms with Crippen molar-refractivity contribution in [2.45, 2.75) is 19.3 Å². The van der Waals surface area contributed by atoms with Gasteiger partial charge in [-0.3, -0.25) is 0 Å². The van der Waals surface area contributed by atoms with Gasteiger partial charge in [0, 0.05) is 37.8 Å². The average Bonchev–Trinajstić information content (AvgIpc) is 3.66. The van der Waals surface area contributed by atoms with E-state index in [1.54, 1.807) is 0 Å². The normalized spacial score (nSPS) is 13.6. The van der Waals surface area contributed by atoms with Gasteiger partial charge in [-0.1, -0.05) is 147 Å². The SMILES string of the molecule is CC1(C)c2ccccc2-c2cc3c4cc5c6ccccc6c6ccccc6c5cc4n(-c4ccc(P(=O)(c5ccccc5)c5ccccc5)cc4)c3cc21. The van der Waals surface area contributed by atoms with Crippen LogP contribution in [0.25, 0.3) is 70.9 Å². The fourth-order valence-corrected chi connectivity index (χ4v) is 12.1. The first kappa shape index (κ1) is 31.3. The number of fused-ring (bicyclic) bond motifs is 12. The maximum absolute atomic E-state index is 15.3. The van der Waals surface area contributed by atoms with Gasteiger partial charge in [0.1, 0.15) is 0 Å². The van der Waals surface area contributed by atoms with Gasteiger partial charge in [0.2, 0.25) is 0 Å². The van der Waals surface area contributed by atoms with Crippen molar-refractivity contribution < 1.29 is 4.57 Å². The molecule has 1 heterocycles. The maximum Gasteiger partial charge on any atom is 0.171 e. The van der Waals surface area contributed by atoms with Crippen molar-refractivity contribution in [3.05, 3.63) is 193 Å². The zero-order valence-electron chi connectivity index (χ0n) is 30.1. The van der Waals surface area contributed by atoms with E-state index in [0.29, 0.717) is 0 Å². The van der Waals surface area contributed by atoms with Crippen LogP contribution in [0.2, 0.25) is 0 Å². The fraction of sp³-hybridized carbons (Fsp3) is 0.0588. The molecule has 54 heavy (non-hydrogen) atoms. The molecule has 10 aromatic rings. The topological polar surface area (TPSA) is 22.0 Å². The summed E-state index contributed by atoms with van der Waals surface area (Å²) in [5.74, 6) is 0. The van der Waals surface area contributed by atoms with E-state index in [2.05, 4.69) is 140 Å². The highest BCUT2D eigenvalue weighted by Gasteiger charge is 2.36. The maximum atomic E-state index is 15.3. The Hall–Kier alpha value is -6.21. The molecular weight excluding hydrogens is 674 g/mol. The minimum atomic E-state index is -3.12. The third kappa shape index (κ3) is 4.26. The van der Waals surface area contributed by atoms with Crippen LogP contribution in [-0.4, -0.2) is 4.57 Å². The van der Waals surface area contributed by atoms with E-state index in [1.165, 1.54) is 70.9 Å². The highest BCUT2D eigenvalue weighted by atomic mass is 31.2. The number of rotatable bonds is 4. The number of hydrogen-bond acceptors (Lipinski definition) is 1. The minimum absolute atomic E-state index is 0.139. The summed E-state index contributed by atoms with van der Waals surface area (Å²) < 4.78 is 17.8. The number of hydrogen-bond donors (Lipinski definition) is 0. The molecule has 0 radical (unpaired) electrons. The van der Waals surface area contributed by atoms with Crippen molar-refractivity contribution in [3.63, 3.8) is 0 Å². The Morgan fingerprint density at radius 1 is 0.389 bits per heavy atom. The van der Waals surface area contributed by atoms with Crippen molar-refractivity contribution in [1.82, 2.24) is 4.57 Å². The molecule has 256 valence electrons. The quantitative estimate of drug-likeness (QED) is 0.132. The summed E-state index contributed by atoms with van der Waals surface area (Å²) >= 11 is 0. The van der Waals surface area contributed by atoms with E-state index in [1.807, 2.05) is 60.7 Å². The number of benzene rings is 9. The first-order valence-electron chi connectivity index (χ1n) is 18.7. The molecule has 0 aliphatic heterocycles. The predicted molar refractivity (Wildman–Crippen MR) is 230 cm³/mol. The predicted octanol–water partition coefficient (Wildman–Crippen LogP) is 12.2. The highest BCUT2D eigenvalue weighted by molar-refractivity contribution is 7.85. The monoisotopic (exact) mass is 709 g/mol. The standard InChI is InChI=1S/C51H36NOP/c1-51(2)47-24-14-13-23-41(47)44-30-46-45-29-42-39-21-11-9-19-37(39)38-20-10-12-22-40(38)43(42)31-49(45)52(50(46)32-48(44)51)33-25-27-36(28-26-33)54(53,34-15-5-3-6-16-34)35-17-7-4-8-18-35/h3-32H,1-2H3. The Labute approximate surface area is 314 Å². The van der Waals surface area contributed by atoms with Crippen LogP contribution in [0.5, 0.6) is 0 Å². The van der Waals surface area contributed by atoms with Gasteiger partial charge in [-0.25, -0.2) is 0 Å². The lowest BCUT2D eigenvalue weighted by atomic mass is 9.82. The van der Waals surface area contributed by atoms with Crippen LogP contribution in [0.1, 0.15) is 25.0 Å². The van der Waals surface area contributed by atoms with E-state index >= 15 is 4.57 Å². The van der Waals surface area contributed by atoms with E-state index in [-0.39, 0.29) is 5.41 Å². The molecule has 11 rings (SSSR count). The first-order chi connectivity index (χ1) is 26.4. The second-order valence-corrected chi connectivity index (χ2v) is 18.0. The smallest absolute Gasteiger partial charge is 0.171 e. The van der Waals surface area contributed by atoms with Gasteiger partial charge in [0.15, 0.2) is 7.14 Å². The van der Waals surface area contributed by atoms with Crippen LogP contribution in [0.3, 0.4) is 0 Å². The first-order valence-corrected chi connectivity index (χ1v) is 20.4. The molecule has 0 unspecified atom stereocenters. The fourth-order valence-electron chi connectivity index (χ4n) is 9.42. The van der Waals surface area contributed by atoms with Crippen LogP contribution < -0.4 is 15.9 Å². The summed E-state index contributed by atoms with van der Waals surface area (Å²) in [5.41, 5.74) is 8.59. The van der Waals surface area contributed by atoms with Crippen molar-refractivity contribution in [3.8, 4) is 16.8 Å². The molecule has 1 aromatic heterocycles. The third-order valence-electron chi connectivity index (χ3n) is 12.0. The summed E-state index contributed by atoms with van der Waals surface area (Å²) in [5, 5.41) is 12.5. The van der Waals surface area contributed by atoms with Crippen LogP contribution in [0, 0.1) is 0 Å². The van der Waals surface area contributed by atoms with Gasteiger partial charge in [0.05, 0.1) is 11.0 Å². The van der Waals surface area contributed by atoms with Crippen LogP contribution in [-0.2, 0) is 9.98 Å². The van der Waals surface area contributed by atoms with Gasteiger partial charge in [-0.05, 0) is 103 Å². The summed E-state index contributed by atoms with van der Waals surface area (Å²) in [4.78, 5) is 0. The van der Waals surface area contributed by atoms with Gasteiger partial charge < -0.3 is 9.13 Å². The van der Waals surface area contributed by atoms with Crippen molar-refractivity contribution in [2.24, 2.45) is 0 Å². The molecular formula is C51H36NOP. The summed E-state index contributed by atoms with van der Waals surface area (Å²) in [6, 6.07) is 64.6. The van der Waals surface area contributed by atoms with Crippen LogP contribution in [0.4, 0.5) is 0 Å². The van der Waals surface area contributed by atoms with Gasteiger partial charge in [-0.2, -0.15) is 0 Å². The molecule has 0 amide bonds. The summed E-state index contributed by atoms with van der Waals surface area (Å²) in [6.45, 7) is 4.70. The summed E-state index contributed by atoms with van der Waals surface area (Å²) in [6.07, 6.45) is 0. The minimum Gasteiger partial charge on any atom is -0.309 e. The Morgan fingerprint density at radius 2 is 0.852 bits per heavy atom. The van der Waals surface area contributed by atoms with Crippen LogP contribution in [0.15, 0.2) is 182 Å². The van der Waals surface area contributed by atoms with Crippen molar-refractivity contribution in [2.75, 3.05) is 0 Å². The van der Waals surface area contributed by atoms with Gasteiger partial charge in [-0.15, -0.1) is 0 Å². The largest absolute Gasteiger partial charge is 0.309 e. The average molecular weight is 710 g/mol. The van der Waals surface area contributed by atoms with Crippen molar-refractivity contribution >= 4 is 77.2 Å². The second kappa shape index (κ2) is 11.4.